The summed E-state index contributed by atoms with van der Waals surface area (Å²) in [6.45, 7) is 2.09. The van der Waals surface area contributed by atoms with E-state index in [1.54, 1.807) is 12.1 Å². The standard InChI is InChI=1S/C18H18O4/c1-2-6-12-7-3-4-8-13(12)11-14-9-5-10-15(17(19)20)16(14)18(21)22/h3-5,7-10H,2,6,11H2,1H3,(H,19,20)(H,21,22). The molecular weight excluding hydrogens is 280 g/mol. The Bertz CT molecular complexity index is 704. The minimum absolute atomic E-state index is 0.124. The van der Waals surface area contributed by atoms with E-state index >= 15 is 0 Å². The van der Waals surface area contributed by atoms with Crippen molar-refractivity contribution in [2.75, 3.05) is 0 Å². The monoisotopic (exact) mass is 298 g/mol. The Labute approximate surface area is 129 Å². The molecule has 0 aliphatic carbocycles. The first-order chi connectivity index (χ1) is 10.5. The Morgan fingerprint density at radius 2 is 1.50 bits per heavy atom. The van der Waals surface area contributed by atoms with Gasteiger partial charge in [0.15, 0.2) is 0 Å². The maximum atomic E-state index is 11.5. The third kappa shape index (κ3) is 3.34. The van der Waals surface area contributed by atoms with Crippen molar-refractivity contribution in [1.82, 2.24) is 0 Å². The van der Waals surface area contributed by atoms with Crippen molar-refractivity contribution in [2.45, 2.75) is 26.2 Å². The van der Waals surface area contributed by atoms with Crippen LogP contribution in [-0.4, -0.2) is 22.2 Å². The summed E-state index contributed by atoms with van der Waals surface area (Å²) in [5.74, 6) is -2.43. The number of hydrogen-bond acceptors (Lipinski definition) is 2. The lowest BCUT2D eigenvalue weighted by molar-refractivity contribution is 0.0650. The molecule has 114 valence electrons. The summed E-state index contributed by atoms with van der Waals surface area (Å²) in [5.41, 5.74) is 2.44. The zero-order valence-electron chi connectivity index (χ0n) is 12.4. The van der Waals surface area contributed by atoms with Gasteiger partial charge in [-0.25, -0.2) is 9.59 Å². The number of aryl methyl sites for hydroxylation is 1. The fourth-order valence-corrected chi connectivity index (χ4v) is 2.63. The molecule has 0 saturated carbocycles. The molecule has 0 saturated heterocycles. The second-order valence-electron chi connectivity index (χ2n) is 5.15. The van der Waals surface area contributed by atoms with Gasteiger partial charge in [0.1, 0.15) is 0 Å². The van der Waals surface area contributed by atoms with Crippen LogP contribution in [0.2, 0.25) is 0 Å². The molecule has 0 radical (unpaired) electrons. The van der Waals surface area contributed by atoms with Crippen LogP contribution in [0.1, 0.15) is 50.8 Å². The molecule has 0 aliphatic rings. The molecule has 0 unspecified atom stereocenters. The van der Waals surface area contributed by atoms with Gasteiger partial charge in [-0.3, -0.25) is 0 Å². The van der Waals surface area contributed by atoms with Gasteiger partial charge in [-0.1, -0.05) is 49.7 Å². The molecule has 22 heavy (non-hydrogen) atoms. The number of hydrogen-bond donors (Lipinski definition) is 2. The summed E-state index contributed by atoms with van der Waals surface area (Å²) in [6.07, 6.45) is 2.33. The average Bonchev–Trinajstić information content (AvgIpc) is 2.49. The second kappa shape index (κ2) is 6.89. The summed E-state index contributed by atoms with van der Waals surface area (Å²) in [4.78, 5) is 22.7. The number of aromatic carboxylic acids is 2. The van der Waals surface area contributed by atoms with Crippen LogP contribution in [-0.2, 0) is 12.8 Å². The normalized spacial score (nSPS) is 10.4. The summed E-state index contributed by atoms with van der Waals surface area (Å²) >= 11 is 0. The lowest BCUT2D eigenvalue weighted by Gasteiger charge is -2.12. The average molecular weight is 298 g/mol. The molecule has 0 bridgehead atoms. The minimum atomic E-state index is -1.22. The summed E-state index contributed by atoms with van der Waals surface area (Å²) in [5, 5.41) is 18.6. The van der Waals surface area contributed by atoms with Crippen molar-refractivity contribution in [3.8, 4) is 0 Å². The molecule has 0 aromatic heterocycles. The zero-order valence-corrected chi connectivity index (χ0v) is 12.4. The van der Waals surface area contributed by atoms with Gasteiger partial charge >= 0.3 is 11.9 Å². The van der Waals surface area contributed by atoms with Gasteiger partial charge in [-0.2, -0.15) is 0 Å². The Balaban J connectivity index is 2.48. The van der Waals surface area contributed by atoms with Gasteiger partial charge in [0.05, 0.1) is 11.1 Å². The topological polar surface area (TPSA) is 74.6 Å². The highest BCUT2D eigenvalue weighted by Crippen LogP contribution is 2.21. The molecule has 2 N–H and O–H groups in total. The Kier molecular flexibility index (Phi) is 4.94. The third-order valence-electron chi connectivity index (χ3n) is 3.61. The quantitative estimate of drug-likeness (QED) is 0.854. The Morgan fingerprint density at radius 3 is 2.09 bits per heavy atom. The maximum absolute atomic E-state index is 11.5. The highest BCUT2D eigenvalue weighted by molar-refractivity contribution is 6.02. The lowest BCUT2D eigenvalue weighted by atomic mass is 9.92. The van der Waals surface area contributed by atoms with E-state index in [4.69, 9.17) is 0 Å². The van der Waals surface area contributed by atoms with Crippen molar-refractivity contribution < 1.29 is 19.8 Å². The maximum Gasteiger partial charge on any atom is 0.336 e. The molecule has 0 aliphatic heterocycles. The predicted molar refractivity (Wildman–Crippen MR) is 83.6 cm³/mol. The highest BCUT2D eigenvalue weighted by atomic mass is 16.4. The molecule has 0 heterocycles. The lowest BCUT2D eigenvalue weighted by Crippen LogP contribution is -2.12. The van der Waals surface area contributed by atoms with Crippen LogP contribution in [0.15, 0.2) is 42.5 Å². The van der Waals surface area contributed by atoms with Crippen molar-refractivity contribution in [3.63, 3.8) is 0 Å². The van der Waals surface area contributed by atoms with Gasteiger partial charge in [0, 0.05) is 0 Å². The molecule has 0 spiro atoms. The van der Waals surface area contributed by atoms with E-state index in [9.17, 15) is 19.8 Å². The van der Waals surface area contributed by atoms with Gasteiger partial charge in [-0.05, 0) is 35.6 Å². The van der Waals surface area contributed by atoms with Gasteiger partial charge in [0.25, 0.3) is 0 Å². The van der Waals surface area contributed by atoms with Gasteiger partial charge in [0.2, 0.25) is 0 Å². The van der Waals surface area contributed by atoms with Crippen LogP contribution < -0.4 is 0 Å². The van der Waals surface area contributed by atoms with Gasteiger partial charge in [-0.15, -0.1) is 0 Å². The van der Waals surface area contributed by atoms with E-state index in [-0.39, 0.29) is 11.1 Å². The zero-order chi connectivity index (χ0) is 16.1. The Hall–Kier alpha value is -2.62. The van der Waals surface area contributed by atoms with Crippen LogP contribution in [0.5, 0.6) is 0 Å². The fraction of sp³-hybridized carbons (Fsp3) is 0.222. The summed E-state index contributed by atoms with van der Waals surface area (Å²) < 4.78 is 0. The van der Waals surface area contributed by atoms with E-state index in [1.807, 2.05) is 24.3 Å². The molecule has 0 atom stereocenters. The van der Waals surface area contributed by atoms with Gasteiger partial charge < -0.3 is 10.2 Å². The van der Waals surface area contributed by atoms with E-state index in [0.29, 0.717) is 12.0 Å². The van der Waals surface area contributed by atoms with E-state index in [2.05, 4.69) is 6.92 Å². The van der Waals surface area contributed by atoms with E-state index < -0.39 is 11.9 Å². The van der Waals surface area contributed by atoms with Crippen LogP contribution in [0.25, 0.3) is 0 Å². The van der Waals surface area contributed by atoms with Crippen LogP contribution in [0, 0.1) is 0 Å². The molecule has 0 amide bonds. The largest absolute Gasteiger partial charge is 0.478 e. The van der Waals surface area contributed by atoms with E-state index in [1.165, 1.54) is 11.6 Å². The molecule has 4 heteroatoms. The number of carboxylic acids is 2. The first-order valence-electron chi connectivity index (χ1n) is 7.19. The number of carboxylic acid groups (broad SMARTS) is 2. The number of rotatable bonds is 6. The SMILES string of the molecule is CCCc1ccccc1Cc1cccc(C(=O)O)c1C(=O)O. The third-order valence-corrected chi connectivity index (χ3v) is 3.61. The first-order valence-corrected chi connectivity index (χ1v) is 7.19. The summed E-state index contributed by atoms with van der Waals surface area (Å²) in [7, 11) is 0. The predicted octanol–water partition coefficient (Wildman–Crippen LogP) is 3.63. The molecule has 2 rings (SSSR count). The van der Waals surface area contributed by atoms with Crippen molar-refractivity contribution in [2.24, 2.45) is 0 Å². The first kappa shape index (κ1) is 15.8. The van der Waals surface area contributed by atoms with Crippen LogP contribution in [0.3, 0.4) is 0 Å². The van der Waals surface area contributed by atoms with Crippen LogP contribution in [0.4, 0.5) is 0 Å². The van der Waals surface area contributed by atoms with Crippen molar-refractivity contribution in [1.29, 1.82) is 0 Å². The minimum Gasteiger partial charge on any atom is -0.478 e. The highest BCUT2D eigenvalue weighted by Gasteiger charge is 2.20. The molecule has 0 fully saturated rings. The number of benzene rings is 2. The fourth-order valence-electron chi connectivity index (χ4n) is 2.63. The number of carbonyl (C=O) groups is 2. The molecular formula is C18H18O4. The molecule has 2 aromatic carbocycles. The Morgan fingerprint density at radius 1 is 0.864 bits per heavy atom. The van der Waals surface area contributed by atoms with Crippen molar-refractivity contribution >= 4 is 11.9 Å². The summed E-state index contributed by atoms with van der Waals surface area (Å²) in [6, 6.07) is 12.5. The smallest absolute Gasteiger partial charge is 0.336 e. The molecule has 2 aromatic rings. The van der Waals surface area contributed by atoms with Crippen LogP contribution >= 0.6 is 0 Å². The second-order valence-corrected chi connectivity index (χ2v) is 5.15. The van der Waals surface area contributed by atoms with E-state index in [0.717, 1.165) is 18.4 Å². The molecule has 4 nitrogen and oxygen atoms in total. The van der Waals surface area contributed by atoms with Crippen molar-refractivity contribution in [3.05, 3.63) is 70.3 Å².